The largest absolute Gasteiger partial charge is 0.483 e. The van der Waals surface area contributed by atoms with E-state index in [1.54, 1.807) is 18.0 Å². The van der Waals surface area contributed by atoms with Crippen LogP contribution in [-0.4, -0.2) is 27.9 Å². The number of nitrogens with zero attached hydrogens (tertiary/aromatic N) is 2. The maximum atomic E-state index is 13.0. The molecule has 0 unspecified atom stereocenters. The van der Waals surface area contributed by atoms with Crippen LogP contribution in [0, 0.1) is 6.92 Å². The molecule has 0 radical (unpaired) electrons. The molecular weight excluding hydrogens is 394 g/mol. The number of aryl methyl sites for hydroxylation is 2. The molecule has 0 spiro atoms. The van der Waals surface area contributed by atoms with Crippen LogP contribution in [0.3, 0.4) is 0 Å². The van der Waals surface area contributed by atoms with Gasteiger partial charge in [-0.1, -0.05) is 42.5 Å². The van der Waals surface area contributed by atoms with Crippen LogP contribution >= 0.6 is 0 Å². The first kappa shape index (κ1) is 20.4. The Bertz CT molecular complexity index is 1190. The van der Waals surface area contributed by atoms with Gasteiger partial charge in [0.25, 0.3) is 17.4 Å². The Labute approximate surface area is 179 Å². The summed E-state index contributed by atoms with van der Waals surface area (Å²) in [6.45, 7) is 2.68. The zero-order chi connectivity index (χ0) is 22.0. The minimum Gasteiger partial charge on any atom is -0.483 e. The van der Waals surface area contributed by atoms with Crippen molar-refractivity contribution in [2.45, 2.75) is 20.0 Å². The average Bonchev–Trinajstić information content (AvgIpc) is 3.20. The van der Waals surface area contributed by atoms with Gasteiger partial charge in [0.2, 0.25) is 0 Å². The lowest BCUT2D eigenvalue weighted by Crippen LogP contribution is -2.30. The van der Waals surface area contributed by atoms with E-state index in [1.165, 1.54) is 16.8 Å². The number of para-hydroxylation sites is 1. The standard InChI is InChI=1S/C24H23N3O4/c1-16-7-3-6-10-21(16)31-15-22(28)25-20-11-19(12-26(2)24(20)30)23(29)27-13-17-8-4-5-9-18(17)14-27/h3-12H,13-15H2,1-2H3,(H,25,28). The maximum Gasteiger partial charge on any atom is 0.274 e. The predicted octanol–water partition coefficient (Wildman–Crippen LogP) is 2.87. The molecule has 0 aliphatic carbocycles. The lowest BCUT2D eigenvalue weighted by molar-refractivity contribution is -0.118. The van der Waals surface area contributed by atoms with Gasteiger partial charge in [-0.05, 0) is 35.7 Å². The van der Waals surface area contributed by atoms with Crippen molar-refractivity contribution in [1.82, 2.24) is 9.47 Å². The second kappa shape index (κ2) is 8.47. The summed E-state index contributed by atoms with van der Waals surface area (Å²) in [6, 6.07) is 16.7. The molecule has 31 heavy (non-hydrogen) atoms. The van der Waals surface area contributed by atoms with Crippen LogP contribution in [0.2, 0.25) is 0 Å². The van der Waals surface area contributed by atoms with Crippen molar-refractivity contribution in [2.75, 3.05) is 11.9 Å². The Morgan fingerprint density at radius 1 is 1.03 bits per heavy atom. The van der Waals surface area contributed by atoms with Gasteiger partial charge in [0.05, 0.1) is 5.56 Å². The molecule has 0 saturated heterocycles. The van der Waals surface area contributed by atoms with E-state index in [9.17, 15) is 14.4 Å². The second-order valence-electron chi connectivity index (χ2n) is 7.59. The summed E-state index contributed by atoms with van der Waals surface area (Å²) in [6.07, 6.45) is 1.49. The number of rotatable bonds is 5. The van der Waals surface area contributed by atoms with Crippen molar-refractivity contribution in [3.63, 3.8) is 0 Å². The molecule has 1 aromatic heterocycles. The lowest BCUT2D eigenvalue weighted by Gasteiger charge is -2.17. The van der Waals surface area contributed by atoms with E-state index in [1.807, 2.05) is 49.4 Å². The van der Waals surface area contributed by atoms with Gasteiger partial charge in [0.1, 0.15) is 11.4 Å². The van der Waals surface area contributed by atoms with E-state index in [4.69, 9.17) is 4.74 Å². The van der Waals surface area contributed by atoms with Gasteiger partial charge in [-0.15, -0.1) is 0 Å². The van der Waals surface area contributed by atoms with Crippen LogP contribution < -0.4 is 15.6 Å². The highest BCUT2D eigenvalue weighted by Crippen LogP contribution is 2.24. The fourth-order valence-electron chi connectivity index (χ4n) is 3.63. The second-order valence-corrected chi connectivity index (χ2v) is 7.59. The third-order valence-corrected chi connectivity index (χ3v) is 5.28. The Morgan fingerprint density at radius 3 is 2.35 bits per heavy atom. The molecule has 0 fully saturated rings. The number of aromatic nitrogens is 1. The van der Waals surface area contributed by atoms with Crippen molar-refractivity contribution in [3.05, 3.63) is 93.4 Å². The Balaban J connectivity index is 1.48. The summed E-state index contributed by atoms with van der Waals surface area (Å²) in [4.78, 5) is 39.6. The fourth-order valence-corrected chi connectivity index (χ4v) is 3.63. The molecule has 2 aromatic carbocycles. The van der Waals surface area contributed by atoms with Gasteiger partial charge in [-0.2, -0.15) is 0 Å². The minimum atomic E-state index is -0.474. The summed E-state index contributed by atoms with van der Waals surface area (Å²) in [5.74, 6) is -0.0694. The number of hydrogen-bond acceptors (Lipinski definition) is 4. The molecule has 0 bridgehead atoms. The number of anilines is 1. The molecule has 7 heteroatoms. The molecule has 4 rings (SSSR count). The topological polar surface area (TPSA) is 80.6 Å². The zero-order valence-corrected chi connectivity index (χ0v) is 17.4. The highest BCUT2D eigenvalue weighted by atomic mass is 16.5. The molecule has 2 amide bonds. The summed E-state index contributed by atoms with van der Waals surface area (Å²) in [7, 11) is 1.55. The van der Waals surface area contributed by atoms with Gasteiger partial charge in [0, 0.05) is 26.3 Å². The number of carbonyl (C=O) groups is 2. The molecule has 2 heterocycles. The van der Waals surface area contributed by atoms with Crippen LogP contribution in [0.4, 0.5) is 5.69 Å². The summed E-state index contributed by atoms with van der Waals surface area (Å²) >= 11 is 0. The predicted molar refractivity (Wildman–Crippen MR) is 117 cm³/mol. The first-order chi connectivity index (χ1) is 14.9. The summed E-state index contributed by atoms with van der Waals surface area (Å²) < 4.78 is 6.84. The van der Waals surface area contributed by atoms with E-state index in [-0.39, 0.29) is 18.2 Å². The molecule has 0 saturated carbocycles. The van der Waals surface area contributed by atoms with E-state index in [0.29, 0.717) is 24.4 Å². The van der Waals surface area contributed by atoms with E-state index in [0.717, 1.165) is 16.7 Å². The lowest BCUT2D eigenvalue weighted by atomic mass is 10.1. The molecule has 1 aliphatic rings. The van der Waals surface area contributed by atoms with Crippen molar-refractivity contribution in [1.29, 1.82) is 0 Å². The molecule has 3 aromatic rings. The number of pyridine rings is 1. The van der Waals surface area contributed by atoms with Crippen molar-refractivity contribution in [3.8, 4) is 5.75 Å². The minimum absolute atomic E-state index is 0.0449. The number of hydrogen-bond donors (Lipinski definition) is 1. The first-order valence-corrected chi connectivity index (χ1v) is 9.97. The highest BCUT2D eigenvalue weighted by molar-refractivity contribution is 5.97. The molecule has 0 atom stereocenters. The Morgan fingerprint density at radius 2 is 1.68 bits per heavy atom. The normalized spacial score (nSPS) is 12.4. The number of benzene rings is 2. The van der Waals surface area contributed by atoms with Gasteiger partial charge in [0.15, 0.2) is 6.61 Å². The van der Waals surface area contributed by atoms with Crippen LogP contribution in [-0.2, 0) is 24.9 Å². The number of amides is 2. The maximum absolute atomic E-state index is 13.0. The Hall–Kier alpha value is -3.87. The van der Waals surface area contributed by atoms with E-state index in [2.05, 4.69) is 5.32 Å². The number of carbonyl (C=O) groups excluding carboxylic acids is 2. The van der Waals surface area contributed by atoms with Crippen LogP contribution in [0.15, 0.2) is 65.6 Å². The Kier molecular flexibility index (Phi) is 5.58. The van der Waals surface area contributed by atoms with Crippen molar-refractivity contribution in [2.24, 2.45) is 7.05 Å². The molecule has 7 nitrogen and oxygen atoms in total. The van der Waals surface area contributed by atoms with Crippen LogP contribution in [0.5, 0.6) is 5.75 Å². The third-order valence-electron chi connectivity index (χ3n) is 5.28. The monoisotopic (exact) mass is 417 g/mol. The molecule has 1 aliphatic heterocycles. The van der Waals surface area contributed by atoms with E-state index < -0.39 is 11.5 Å². The molecule has 1 N–H and O–H groups in total. The summed E-state index contributed by atoms with van der Waals surface area (Å²) in [5, 5.41) is 2.58. The summed E-state index contributed by atoms with van der Waals surface area (Å²) in [5.41, 5.74) is 3.12. The average molecular weight is 417 g/mol. The van der Waals surface area contributed by atoms with Crippen LogP contribution in [0.25, 0.3) is 0 Å². The highest BCUT2D eigenvalue weighted by Gasteiger charge is 2.25. The van der Waals surface area contributed by atoms with Crippen molar-refractivity contribution >= 4 is 17.5 Å². The SMILES string of the molecule is Cc1ccccc1OCC(=O)Nc1cc(C(=O)N2Cc3ccccc3C2)cn(C)c1=O. The smallest absolute Gasteiger partial charge is 0.274 e. The number of nitrogens with one attached hydrogen (secondary N) is 1. The fraction of sp³-hybridized carbons (Fsp3) is 0.208. The third kappa shape index (κ3) is 4.35. The zero-order valence-electron chi connectivity index (χ0n) is 17.4. The molecule has 158 valence electrons. The first-order valence-electron chi connectivity index (χ1n) is 9.97. The van der Waals surface area contributed by atoms with Gasteiger partial charge in [-0.3, -0.25) is 14.4 Å². The van der Waals surface area contributed by atoms with Crippen molar-refractivity contribution < 1.29 is 14.3 Å². The van der Waals surface area contributed by atoms with Crippen LogP contribution in [0.1, 0.15) is 27.0 Å². The van der Waals surface area contributed by atoms with Gasteiger partial charge < -0.3 is 19.5 Å². The van der Waals surface area contributed by atoms with Gasteiger partial charge in [-0.25, -0.2) is 0 Å². The van der Waals surface area contributed by atoms with E-state index >= 15 is 0 Å². The van der Waals surface area contributed by atoms with Gasteiger partial charge >= 0.3 is 0 Å². The quantitative estimate of drug-likeness (QED) is 0.692. The number of fused-ring (bicyclic) bond motifs is 1. The molecular formula is C24H23N3O4. The number of ether oxygens (including phenoxy) is 1.